The summed E-state index contributed by atoms with van der Waals surface area (Å²) in [5.41, 5.74) is 6.30. The van der Waals surface area contributed by atoms with E-state index in [0.717, 1.165) is 11.4 Å². The lowest BCUT2D eigenvalue weighted by Gasteiger charge is -2.04. The summed E-state index contributed by atoms with van der Waals surface area (Å²) in [5.74, 6) is 0.354. The Kier molecular flexibility index (Phi) is 5.51. The number of nitrogens with one attached hydrogen (secondary N) is 2. The lowest BCUT2D eigenvalue weighted by atomic mass is 10.3. The first-order valence-corrected chi connectivity index (χ1v) is 6.56. The summed E-state index contributed by atoms with van der Waals surface area (Å²) in [6.07, 6.45) is 2.61. The molecule has 1 heterocycles. The lowest BCUT2D eigenvalue weighted by Crippen LogP contribution is -2.23. The first-order chi connectivity index (χ1) is 8.65. The Morgan fingerprint density at radius 3 is 2.89 bits per heavy atom. The Labute approximate surface area is 111 Å². The third kappa shape index (κ3) is 3.16. The van der Waals surface area contributed by atoms with E-state index in [2.05, 4.69) is 17.2 Å². The zero-order valence-electron chi connectivity index (χ0n) is 10.7. The van der Waals surface area contributed by atoms with Crippen molar-refractivity contribution in [2.45, 2.75) is 13.3 Å². The largest absolute Gasteiger partial charge is 0.492 e. The second kappa shape index (κ2) is 6.90. The molecule has 0 atom stereocenters. The fraction of sp³-hybridized carbons (Fsp3) is 0.417. The van der Waals surface area contributed by atoms with Crippen molar-refractivity contribution < 1.29 is 9.53 Å². The molecule has 18 heavy (non-hydrogen) atoms. The minimum absolute atomic E-state index is 0.163. The van der Waals surface area contributed by atoms with Gasteiger partial charge in [0.05, 0.1) is 7.11 Å². The molecule has 0 saturated carbocycles. The van der Waals surface area contributed by atoms with Gasteiger partial charge < -0.3 is 21.1 Å². The first-order valence-electron chi connectivity index (χ1n) is 5.74. The van der Waals surface area contributed by atoms with Gasteiger partial charge in [-0.15, -0.1) is 17.9 Å². The quantitative estimate of drug-likeness (QED) is 0.662. The molecule has 1 rings (SSSR count). The average molecular weight is 269 g/mol. The van der Waals surface area contributed by atoms with Crippen LogP contribution in [0.3, 0.4) is 0 Å². The van der Waals surface area contributed by atoms with Gasteiger partial charge in [0, 0.05) is 13.1 Å². The number of hydrogen-bond acceptors (Lipinski definition) is 5. The van der Waals surface area contributed by atoms with Gasteiger partial charge in [-0.2, -0.15) is 0 Å². The summed E-state index contributed by atoms with van der Waals surface area (Å²) in [7, 11) is 1.53. The molecular formula is C12H19N3O2S. The van der Waals surface area contributed by atoms with Crippen molar-refractivity contribution in [3.63, 3.8) is 0 Å². The van der Waals surface area contributed by atoms with Crippen LogP contribution in [-0.4, -0.2) is 26.1 Å². The number of carbonyl (C=O) groups is 1. The van der Waals surface area contributed by atoms with Crippen LogP contribution in [-0.2, 0) is 0 Å². The molecule has 6 heteroatoms. The van der Waals surface area contributed by atoms with Gasteiger partial charge >= 0.3 is 0 Å². The number of rotatable bonds is 7. The number of carbonyl (C=O) groups excluding carboxylic acids is 1. The van der Waals surface area contributed by atoms with Crippen molar-refractivity contribution in [1.29, 1.82) is 0 Å². The minimum atomic E-state index is -0.163. The molecule has 0 aliphatic rings. The van der Waals surface area contributed by atoms with Crippen LogP contribution < -0.4 is 21.1 Å². The highest BCUT2D eigenvalue weighted by Gasteiger charge is 2.21. The van der Waals surface area contributed by atoms with E-state index in [1.54, 1.807) is 6.08 Å². The molecule has 1 amide bonds. The van der Waals surface area contributed by atoms with Gasteiger partial charge in [0.15, 0.2) is 5.75 Å². The predicted octanol–water partition coefficient (Wildman–Crippen LogP) is 2.08. The normalized spacial score (nSPS) is 9.89. The zero-order chi connectivity index (χ0) is 13.5. The van der Waals surface area contributed by atoms with E-state index >= 15 is 0 Å². The van der Waals surface area contributed by atoms with Crippen LogP contribution in [0.25, 0.3) is 0 Å². The van der Waals surface area contributed by atoms with Crippen molar-refractivity contribution in [2.75, 3.05) is 31.2 Å². The lowest BCUT2D eigenvalue weighted by molar-refractivity contribution is 0.0958. The monoisotopic (exact) mass is 269 g/mol. The number of thiophene rings is 1. The van der Waals surface area contributed by atoms with E-state index in [-0.39, 0.29) is 5.91 Å². The van der Waals surface area contributed by atoms with Gasteiger partial charge in [0.25, 0.3) is 5.91 Å². The van der Waals surface area contributed by atoms with Gasteiger partial charge in [-0.25, -0.2) is 0 Å². The maximum atomic E-state index is 11.9. The van der Waals surface area contributed by atoms with Crippen LogP contribution in [0.2, 0.25) is 0 Å². The van der Waals surface area contributed by atoms with Crippen molar-refractivity contribution >= 4 is 27.9 Å². The summed E-state index contributed by atoms with van der Waals surface area (Å²) in [4.78, 5) is 12.4. The Balaban J connectivity index is 2.95. The fourth-order valence-electron chi connectivity index (χ4n) is 1.40. The van der Waals surface area contributed by atoms with Crippen LogP contribution in [0, 0.1) is 0 Å². The van der Waals surface area contributed by atoms with E-state index in [0.29, 0.717) is 29.4 Å². The number of nitrogens with two attached hydrogens (primary N) is 1. The molecule has 1 aromatic heterocycles. The van der Waals surface area contributed by atoms with Crippen LogP contribution in [0.1, 0.15) is 23.0 Å². The van der Waals surface area contributed by atoms with E-state index < -0.39 is 0 Å². The second-order valence-electron chi connectivity index (χ2n) is 3.63. The van der Waals surface area contributed by atoms with Crippen molar-refractivity contribution in [1.82, 2.24) is 5.32 Å². The SMILES string of the molecule is C=CCNc1sc(C(=O)NCCC)c(N)c1OC. The van der Waals surface area contributed by atoms with E-state index in [1.807, 2.05) is 6.92 Å². The Bertz CT molecular complexity index is 429. The molecule has 5 nitrogen and oxygen atoms in total. The molecule has 0 radical (unpaired) electrons. The molecule has 0 spiro atoms. The van der Waals surface area contributed by atoms with Crippen LogP contribution in [0.4, 0.5) is 10.7 Å². The second-order valence-corrected chi connectivity index (χ2v) is 4.65. The number of nitrogen functional groups attached to an aromatic ring is 1. The van der Waals surface area contributed by atoms with Crippen LogP contribution in [0.15, 0.2) is 12.7 Å². The molecule has 0 aliphatic heterocycles. The van der Waals surface area contributed by atoms with Gasteiger partial charge in [0.2, 0.25) is 0 Å². The molecule has 0 aromatic carbocycles. The Hall–Kier alpha value is -1.69. The summed E-state index contributed by atoms with van der Waals surface area (Å²) in [6.45, 7) is 6.85. The number of amides is 1. The topological polar surface area (TPSA) is 76.4 Å². The average Bonchev–Trinajstić information content (AvgIpc) is 2.69. The Morgan fingerprint density at radius 1 is 1.61 bits per heavy atom. The third-order valence-electron chi connectivity index (χ3n) is 2.25. The molecule has 0 fully saturated rings. The predicted molar refractivity (Wildman–Crippen MR) is 76.6 cm³/mol. The maximum absolute atomic E-state index is 11.9. The summed E-state index contributed by atoms with van der Waals surface area (Å²) < 4.78 is 5.22. The van der Waals surface area contributed by atoms with E-state index in [4.69, 9.17) is 10.5 Å². The molecule has 100 valence electrons. The van der Waals surface area contributed by atoms with Crippen LogP contribution >= 0.6 is 11.3 Å². The maximum Gasteiger partial charge on any atom is 0.263 e. The summed E-state index contributed by atoms with van der Waals surface area (Å²) in [6, 6.07) is 0. The fourth-order valence-corrected chi connectivity index (χ4v) is 2.41. The highest BCUT2D eigenvalue weighted by atomic mass is 32.1. The first kappa shape index (κ1) is 14.4. The number of anilines is 2. The number of ether oxygens (including phenoxy) is 1. The smallest absolute Gasteiger partial charge is 0.263 e. The third-order valence-corrected chi connectivity index (χ3v) is 3.40. The van der Waals surface area contributed by atoms with Crippen LogP contribution in [0.5, 0.6) is 5.75 Å². The van der Waals surface area contributed by atoms with E-state index in [1.165, 1.54) is 18.4 Å². The van der Waals surface area contributed by atoms with Crippen molar-refractivity contribution in [3.05, 3.63) is 17.5 Å². The standard InChI is InChI=1S/C12H19N3O2S/c1-4-6-14-11(16)10-8(13)9(17-3)12(18-10)15-7-5-2/h5,15H,2,4,6-7,13H2,1,3H3,(H,14,16). The van der Waals surface area contributed by atoms with Gasteiger partial charge in [-0.05, 0) is 6.42 Å². The van der Waals surface area contributed by atoms with Gasteiger partial charge in [0.1, 0.15) is 15.6 Å². The molecule has 0 unspecified atom stereocenters. The van der Waals surface area contributed by atoms with Gasteiger partial charge in [-0.1, -0.05) is 13.0 Å². The highest BCUT2D eigenvalue weighted by molar-refractivity contribution is 7.19. The molecule has 1 aromatic rings. The molecular weight excluding hydrogens is 250 g/mol. The summed E-state index contributed by atoms with van der Waals surface area (Å²) >= 11 is 1.29. The molecule has 0 aliphatic carbocycles. The minimum Gasteiger partial charge on any atom is -0.492 e. The molecule has 0 saturated heterocycles. The van der Waals surface area contributed by atoms with Crippen molar-refractivity contribution in [2.24, 2.45) is 0 Å². The van der Waals surface area contributed by atoms with E-state index in [9.17, 15) is 4.79 Å². The number of hydrogen-bond donors (Lipinski definition) is 3. The van der Waals surface area contributed by atoms with Gasteiger partial charge in [-0.3, -0.25) is 4.79 Å². The molecule has 4 N–H and O–H groups in total. The number of methoxy groups -OCH3 is 1. The highest BCUT2D eigenvalue weighted by Crippen LogP contribution is 2.42. The Morgan fingerprint density at radius 2 is 2.33 bits per heavy atom. The van der Waals surface area contributed by atoms with Crippen molar-refractivity contribution in [3.8, 4) is 5.75 Å². The molecule has 0 bridgehead atoms. The summed E-state index contributed by atoms with van der Waals surface area (Å²) in [5, 5.41) is 6.65. The zero-order valence-corrected chi connectivity index (χ0v) is 11.5.